The lowest BCUT2D eigenvalue weighted by molar-refractivity contribution is 0.102. The molecule has 106 valence electrons. The van der Waals surface area contributed by atoms with Crippen molar-refractivity contribution < 1.29 is 4.79 Å². The van der Waals surface area contributed by atoms with Crippen LogP contribution in [-0.4, -0.2) is 5.91 Å². The lowest BCUT2D eigenvalue weighted by atomic mass is 10.2. The van der Waals surface area contributed by atoms with Gasteiger partial charge in [-0.2, -0.15) is 8.73 Å². The van der Waals surface area contributed by atoms with Crippen LogP contribution in [0.3, 0.4) is 0 Å². The summed E-state index contributed by atoms with van der Waals surface area (Å²) >= 11 is 17.4. The summed E-state index contributed by atoms with van der Waals surface area (Å²) < 4.78 is 8.23. The minimum absolute atomic E-state index is 0.290. The highest BCUT2D eigenvalue weighted by molar-refractivity contribution is 7.80. The third-order valence-electron chi connectivity index (χ3n) is 2.81. The molecule has 4 nitrogen and oxygen atoms in total. The summed E-state index contributed by atoms with van der Waals surface area (Å²) in [4.78, 5) is 13.0. The van der Waals surface area contributed by atoms with E-state index in [4.69, 9.17) is 23.2 Å². The zero-order valence-corrected chi connectivity index (χ0v) is 13.5. The summed E-state index contributed by atoms with van der Waals surface area (Å²) in [5, 5.41) is 3.47. The van der Waals surface area contributed by atoms with E-state index in [1.165, 1.54) is 0 Å². The predicted molar refractivity (Wildman–Crippen MR) is 89.7 cm³/mol. The minimum atomic E-state index is -0.290. The number of rotatable bonds is 2. The molecule has 1 N–H and O–H groups in total. The molecule has 0 aliphatic carbocycles. The third-order valence-corrected chi connectivity index (χ3v) is 4.22. The summed E-state index contributed by atoms with van der Waals surface area (Å²) in [5.74, 6) is -0.290. The largest absolute Gasteiger partial charge is 0.319 e. The standard InChI is InChI=1S/C13H7Cl2N3OS2/c14-8-5-9(15)11-12(18-21-17-11)10(8)16-13(19)6-1-3-7(20)4-2-6/h1-5,20H,(H,16,19). The van der Waals surface area contributed by atoms with Crippen molar-refractivity contribution in [1.82, 2.24) is 0 Å². The SMILES string of the molecule is O=C(Nc1c(Cl)cc(Cl)c2c1N=S=N2)c1ccc(S)cc1. The van der Waals surface area contributed by atoms with Gasteiger partial charge in [0.1, 0.15) is 11.4 Å². The number of anilines is 1. The van der Waals surface area contributed by atoms with Crippen molar-refractivity contribution in [2.45, 2.75) is 4.90 Å². The smallest absolute Gasteiger partial charge is 0.255 e. The maximum absolute atomic E-state index is 12.3. The highest BCUT2D eigenvalue weighted by Gasteiger charge is 2.20. The van der Waals surface area contributed by atoms with Gasteiger partial charge in [0.05, 0.1) is 27.1 Å². The first-order valence-corrected chi connectivity index (χ1v) is 7.70. The van der Waals surface area contributed by atoms with Crippen LogP contribution in [0, 0.1) is 0 Å². The number of carbonyl (C=O) groups is 1. The fourth-order valence-corrected chi connectivity index (χ4v) is 3.10. The van der Waals surface area contributed by atoms with Crippen molar-refractivity contribution in [3.05, 3.63) is 45.9 Å². The molecule has 8 heteroatoms. The first kappa shape index (κ1) is 14.6. The zero-order valence-electron chi connectivity index (χ0n) is 10.3. The molecular weight excluding hydrogens is 349 g/mol. The predicted octanol–water partition coefficient (Wildman–Crippen LogP) is 5.26. The molecule has 0 aromatic heterocycles. The van der Waals surface area contributed by atoms with Crippen molar-refractivity contribution in [2.24, 2.45) is 8.73 Å². The number of amides is 1. The van der Waals surface area contributed by atoms with E-state index >= 15 is 0 Å². The molecule has 1 amide bonds. The van der Waals surface area contributed by atoms with Gasteiger partial charge in [0.15, 0.2) is 0 Å². The van der Waals surface area contributed by atoms with Crippen molar-refractivity contribution >= 4 is 70.2 Å². The van der Waals surface area contributed by atoms with Crippen LogP contribution >= 0.6 is 35.8 Å². The van der Waals surface area contributed by atoms with Crippen LogP contribution in [0.25, 0.3) is 0 Å². The van der Waals surface area contributed by atoms with Crippen LogP contribution < -0.4 is 5.32 Å². The van der Waals surface area contributed by atoms with Crippen molar-refractivity contribution in [3.8, 4) is 0 Å². The second-order valence-electron chi connectivity index (χ2n) is 4.18. The number of benzene rings is 2. The van der Waals surface area contributed by atoms with Crippen LogP contribution in [0.5, 0.6) is 0 Å². The molecule has 1 aliphatic heterocycles. The van der Waals surface area contributed by atoms with E-state index in [1.807, 2.05) is 0 Å². The van der Waals surface area contributed by atoms with Gasteiger partial charge in [-0.25, -0.2) is 0 Å². The fourth-order valence-electron chi connectivity index (χ4n) is 1.79. The molecule has 0 saturated carbocycles. The van der Waals surface area contributed by atoms with Gasteiger partial charge in [-0.3, -0.25) is 4.79 Å². The lowest BCUT2D eigenvalue weighted by Crippen LogP contribution is -2.12. The average Bonchev–Trinajstić information content (AvgIpc) is 2.93. The fraction of sp³-hybridized carbons (Fsp3) is 0. The molecule has 3 rings (SSSR count). The number of nitrogens with one attached hydrogen (secondary N) is 1. The zero-order chi connectivity index (χ0) is 15.0. The van der Waals surface area contributed by atoms with E-state index in [2.05, 4.69) is 26.7 Å². The monoisotopic (exact) mass is 355 g/mol. The quantitative estimate of drug-likeness (QED) is 0.605. The number of fused-ring (bicyclic) bond motifs is 1. The van der Waals surface area contributed by atoms with E-state index in [-0.39, 0.29) is 5.91 Å². The summed E-state index contributed by atoms with van der Waals surface area (Å²) in [6, 6.07) is 8.37. The second kappa shape index (κ2) is 5.81. The van der Waals surface area contributed by atoms with Crippen molar-refractivity contribution in [1.29, 1.82) is 0 Å². The van der Waals surface area contributed by atoms with Gasteiger partial charge < -0.3 is 5.32 Å². The van der Waals surface area contributed by atoms with E-state index in [9.17, 15) is 4.79 Å². The number of thiol groups is 1. The molecule has 21 heavy (non-hydrogen) atoms. The number of hydrogen-bond acceptors (Lipinski definition) is 4. The van der Waals surface area contributed by atoms with Crippen LogP contribution in [-0.2, 0) is 11.4 Å². The Hall–Kier alpha value is -1.34. The molecule has 0 unspecified atom stereocenters. The molecular formula is C13H7Cl2N3OS2. The first-order valence-electron chi connectivity index (χ1n) is 5.77. The number of hydrogen-bond donors (Lipinski definition) is 2. The van der Waals surface area contributed by atoms with Crippen LogP contribution in [0.15, 0.2) is 44.0 Å². The van der Waals surface area contributed by atoms with Gasteiger partial charge >= 0.3 is 0 Å². The number of carbonyl (C=O) groups excluding carboxylic acids is 1. The van der Waals surface area contributed by atoms with E-state index in [0.717, 1.165) is 16.3 Å². The van der Waals surface area contributed by atoms with E-state index in [1.54, 1.807) is 30.3 Å². The Balaban J connectivity index is 1.96. The molecule has 1 aliphatic rings. The highest BCUT2D eigenvalue weighted by atomic mass is 35.5. The summed E-state index contributed by atoms with van der Waals surface area (Å²) in [5.41, 5.74) is 1.91. The molecule has 2 aromatic carbocycles. The van der Waals surface area contributed by atoms with Gasteiger partial charge in [-0.15, -0.1) is 12.6 Å². The van der Waals surface area contributed by atoms with Gasteiger partial charge in [0, 0.05) is 10.5 Å². The van der Waals surface area contributed by atoms with Gasteiger partial charge in [-0.05, 0) is 30.3 Å². The number of halogens is 2. The lowest BCUT2D eigenvalue weighted by Gasteiger charge is -2.11. The molecule has 0 spiro atoms. The molecule has 0 radical (unpaired) electrons. The first-order chi connectivity index (χ1) is 10.1. The Morgan fingerprint density at radius 3 is 2.48 bits per heavy atom. The van der Waals surface area contributed by atoms with Crippen LogP contribution in [0.1, 0.15) is 10.4 Å². The average molecular weight is 356 g/mol. The summed E-state index contributed by atoms with van der Waals surface area (Å²) in [6.45, 7) is 0. The van der Waals surface area contributed by atoms with Gasteiger partial charge in [0.2, 0.25) is 0 Å². The summed E-state index contributed by atoms with van der Waals surface area (Å²) in [7, 11) is 0. The normalized spacial score (nSPS) is 12.0. The van der Waals surface area contributed by atoms with Gasteiger partial charge in [0.25, 0.3) is 5.91 Å². The Labute approximate surface area is 139 Å². The molecule has 2 aromatic rings. The Morgan fingerprint density at radius 2 is 1.76 bits per heavy atom. The van der Waals surface area contributed by atoms with E-state index < -0.39 is 0 Å². The van der Waals surface area contributed by atoms with Crippen molar-refractivity contribution in [3.63, 3.8) is 0 Å². The van der Waals surface area contributed by atoms with Crippen LogP contribution in [0.4, 0.5) is 17.1 Å². The topological polar surface area (TPSA) is 53.8 Å². The van der Waals surface area contributed by atoms with Crippen LogP contribution in [0.2, 0.25) is 10.0 Å². The maximum Gasteiger partial charge on any atom is 0.255 e. The minimum Gasteiger partial charge on any atom is -0.319 e. The molecule has 0 bridgehead atoms. The molecule has 1 heterocycles. The molecule has 0 atom stereocenters. The summed E-state index contributed by atoms with van der Waals surface area (Å²) in [6.07, 6.45) is 0. The van der Waals surface area contributed by atoms with E-state index in [0.29, 0.717) is 32.7 Å². The highest BCUT2D eigenvalue weighted by Crippen LogP contribution is 2.47. The number of nitrogens with zero attached hydrogens (tertiary/aromatic N) is 2. The van der Waals surface area contributed by atoms with Crippen molar-refractivity contribution in [2.75, 3.05) is 5.32 Å². The Morgan fingerprint density at radius 1 is 1.10 bits per heavy atom. The Kier molecular flexibility index (Phi) is 4.03. The molecule has 0 fully saturated rings. The maximum atomic E-state index is 12.3. The van der Waals surface area contributed by atoms with Gasteiger partial charge in [-0.1, -0.05) is 23.2 Å². The molecule has 0 saturated heterocycles. The Bertz CT molecular complexity index is 815. The second-order valence-corrected chi connectivity index (χ2v) is 6.04. The third kappa shape index (κ3) is 2.85.